The van der Waals surface area contributed by atoms with Gasteiger partial charge in [0.1, 0.15) is 0 Å². The van der Waals surface area contributed by atoms with Gasteiger partial charge >= 0.3 is 0 Å². The highest BCUT2D eigenvalue weighted by atomic mass is 16.1. The Labute approximate surface area is 142 Å². The van der Waals surface area contributed by atoms with E-state index in [1.54, 1.807) is 24.3 Å². The van der Waals surface area contributed by atoms with Crippen LogP contribution in [-0.2, 0) is 6.54 Å². The summed E-state index contributed by atoms with van der Waals surface area (Å²) in [5, 5.41) is 11.9. The molecule has 2 aromatic rings. The maximum Gasteiger partial charge on any atom is 0.255 e. The first-order valence-electron chi connectivity index (χ1n) is 8.37. The minimum absolute atomic E-state index is 0.192. The molecule has 0 unspecified atom stereocenters. The van der Waals surface area contributed by atoms with Crippen molar-refractivity contribution in [2.24, 2.45) is 0 Å². The largest absolute Gasteiger partial charge is 0.322 e. The van der Waals surface area contributed by atoms with Gasteiger partial charge in [-0.15, -0.1) is 0 Å². The normalized spacial score (nSPS) is 14.8. The molecule has 1 heterocycles. The number of rotatable bonds is 4. The minimum Gasteiger partial charge on any atom is -0.322 e. The highest BCUT2D eigenvalue weighted by Crippen LogP contribution is 2.17. The Bertz CT molecular complexity index is 757. The molecule has 4 nitrogen and oxygen atoms in total. The molecular formula is C20H21N3O. The Kier molecular flexibility index (Phi) is 5.25. The van der Waals surface area contributed by atoms with Gasteiger partial charge in [-0.25, -0.2) is 0 Å². The molecule has 0 atom stereocenters. The first kappa shape index (κ1) is 16.2. The number of amides is 1. The summed E-state index contributed by atoms with van der Waals surface area (Å²) in [7, 11) is 0. The summed E-state index contributed by atoms with van der Waals surface area (Å²) in [4.78, 5) is 14.8. The van der Waals surface area contributed by atoms with Crippen LogP contribution in [0.3, 0.4) is 0 Å². The Morgan fingerprint density at radius 3 is 2.67 bits per heavy atom. The molecule has 1 aliphatic heterocycles. The van der Waals surface area contributed by atoms with Gasteiger partial charge in [-0.3, -0.25) is 9.69 Å². The van der Waals surface area contributed by atoms with Gasteiger partial charge in [0.25, 0.3) is 5.91 Å². The molecule has 3 rings (SSSR count). The molecule has 0 saturated carbocycles. The molecule has 0 spiro atoms. The Hall–Kier alpha value is -2.64. The number of carbonyl (C=O) groups excluding carboxylic acids is 1. The number of anilines is 1. The zero-order valence-corrected chi connectivity index (χ0v) is 13.7. The highest BCUT2D eigenvalue weighted by Gasteiger charge is 2.11. The molecule has 122 valence electrons. The SMILES string of the molecule is N#Cc1cccc(C(=O)Nc2cccc(CN3CCCCC3)c2)c1. The predicted octanol–water partition coefficient (Wildman–Crippen LogP) is 3.80. The number of likely N-dealkylation sites (tertiary alicyclic amines) is 1. The Balaban J connectivity index is 1.67. The van der Waals surface area contributed by atoms with E-state index in [1.165, 1.54) is 24.8 Å². The molecule has 1 saturated heterocycles. The van der Waals surface area contributed by atoms with Crippen LogP contribution in [0.25, 0.3) is 0 Å². The van der Waals surface area contributed by atoms with Crippen LogP contribution in [0.2, 0.25) is 0 Å². The molecule has 24 heavy (non-hydrogen) atoms. The second kappa shape index (κ2) is 7.76. The van der Waals surface area contributed by atoms with Crippen molar-refractivity contribution in [2.45, 2.75) is 25.8 Å². The Morgan fingerprint density at radius 1 is 1.08 bits per heavy atom. The van der Waals surface area contributed by atoms with E-state index in [0.29, 0.717) is 11.1 Å². The molecule has 2 aromatic carbocycles. The van der Waals surface area contributed by atoms with Gasteiger partial charge in [-0.2, -0.15) is 5.26 Å². The lowest BCUT2D eigenvalue weighted by Crippen LogP contribution is -2.29. The fourth-order valence-corrected chi connectivity index (χ4v) is 3.06. The third-order valence-corrected chi connectivity index (χ3v) is 4.29. The van der Waals surface area contributed by atoms with Crippen molar-refractivity contribution in [3.8, 4) is 6.07 Å². The van der Waals surface area contributed by atoms with Crippen LogP contribution in [0.1, 0.15) is 40.7 Å². The standard InChI is InChI=1S/C20H21N3O/c21-14-16-6-4-8-18(12-16)20(24)22-19-9-5-7-17(13-19)15-23-10-2-1-3-11-23/h4-9,12-13H,1-3,10-11,15H2,(H,22,24). The number of nitriles is 1. The first-order valence-corrected chi connectivity index (χ1v) is 8.37. The number of carbonyl (C=O) groups is 1. The van der Waals surface area contributed by atoms with Gasteiger partial charge in [0.15, 0.2) is 0 Å². The lowest BCUT2D eigenvalue weighted by Gasteiger charge is -2.26. The molecule has 1 amide bonds. The third-order valence-electron chi connectivity index (χ3n) is 4.29. The third kappa shape index (κ3) is 4.21. The summed E-state index contributed by atoms with van der Waals surface area (Å²) in [6.07, 6.45) is 3.87. The van der Waals surface area contributed by atoms with Crippen LogP contribution >= 0.6 is 0 Å². The summed E-state index contributed by atoms with van der Waals surface area (Å²) >= 11 is 0. The molecule has 1 fully saturated rings. The van der Waals surface area contributed by atoms with E-state index in [2.05, 4.69) is 22.4 Å². The lowest BCUT2D eigenvalue weighted by molar-refractivity contribution is 0.102. The molecule has 4 heteroatoms. The van der Waals surface area contributed by atoms with Crippen LogP contribution in [0.5, 0.6) is 0 Å². The molecule has 1 aliphatic rings. The smallest absolute Gasteiger partial charge is 0.255 e. The van der Waals surface area contributed by atoms with Gasteiger partial charge in [0.2, 0.25) is 0 Å². The summed E-state index contributed by atoms with van der Waals surface area (Å²) in [6.45, 7) is 3.22. The van der Waals surface area contributed by atoms with Gasteiger partial charge in [0, 0.05) is 17.8 Å². The summed E-state index contributed by atoms with van der Waals surface area (Å²) in [6, 6.07) is 16.8. The second-order valence-electron chi connectivity index (χ2n) is 6.18. The van der Waals surface area contributed by atoms with Gasteiger partial charge in [0.05, 0.1) is 11.6 Å². The summed E-state index contributed by atoms with van der Waals surface area (Å²) < 4.78 is 0. The molecule has 0 bridgehead atoms. The quantitative estimate of drug-likeness (QED) is 0.932. The van der Waals surface area contributed by atoms with E-state index >= 15 is 0 Å². The van der Waals surface area contributed by atoms with Crippen molar-refractivity contribution in [1.29, 1.82) is 5.26 Å². The first-order chi connectivity index (χ1) is 11.7. The van der Waals surface area contributed by atoms with Crippen LogP contribution in [0.4, 0.5) is 5.69 Å². The molecule has 0 radical (unpaired) electrons. The topological polar surface area (TPSA) is 56.1 Å². The zero-order chi connectivity index (χ0) is 16.8. The number of nitrogens with one attached hydrogen (secondary N) is 1. The maximum atomic E-state index is 12.4. The van der Waals surface area contributed by atoms with Crippen molar-refractivity contribution in [1.82, 2.24) is 4.90 Å². The zero-order valence-electron chi connectivity index (χ0n) is 13.7. The van der Waals surface area contributed by atoms with Gasteiger partial charge in [-0.05, 0) is 61.8 Å². The average molecular weight is 319 g/mol. The van der Waals surface area contributed by atoms with E-state index in [1.807, 2.05) is 18.2 Å². The van der Waals surface area contributed by atoms with Crippen LogP contribution < -0.4 is 5.32 Å². The highest BCUT2D eigenvalue weighted by molar-refractivity contribution is 6.04. The molecule has 0 aliphatic carbocycles. The minimum atomic E-state index is -0.192. The molecular weight excluding hydrogens is 298 g/mol. The van der Waals surface area contributed by atoms with Crippen molar-refractivity contribution >= 4 is 11.6 Å². The Morgan fingerprint density at radius 2 is 1.88 bits per heavy atom. The lowest BCUT2D eigenvalue weighted by atomic mass is 10.1. The second-order valence-corrected chi connectivity index (χ2v) is 6.18. The van der Waals surface area contributed by atoms with Crippen LogP contribution in [-0.4, -0.2) is 23.9 Å². The summed E-state index contributed by atoms with van der Waals surface area (Å²) in [5.41, 5.74) is 2.98. The molecule has 1 N–H and O–H groups in total. The summed E-state index contributed by atoms with van der Waals surface area (Å²) in [5.74, 6) is -0.192. The number of hydrogen-bond donors (Lipinski definition) is 1. The number of hydrogen-bond acceptors (Lipinski definition) is 3. The van der Waals surface area contributed by atoms with E-state index < -0.39 is 0 Å². The van der Waals surface area contributed by atoms with E-state index in [0.717, 1.165) is 25.3 Å². The van der Waals surface area contributed by atoms with Crippen LogP contribution in [0, 0.1) is 11.3 Å². The van der Waals surface area contributed by atoms with Gasteiger partial charge < -0.3 is 5.32 Å². The van der Waals surface area contributed by atoms with E-state index in [4.69, 9.17) is 5.26 Å². The predicted molar refractivity (Wildman–Crippen MR) is 94.7 cm³/mol. The van der Waals surface area contributed by atoms with Crippen molar-refractivity contribution in [2.75, 3.05) is 18.4 Å². The number of piperidine rings is 1. The van der Waals surface area contributed by atoms with Crippen LogP contribution in [0.15, 0.2) is 48.5 Å². The van der Waals surface area contributed by atoms with Gasteiger partial charge in [-0.1, -0.05) is 24.6 Å². The number of benzene rings is 2. The fourth-order valence-electron chi connectivity index (χ4n) is 3.06. The maximum absolute atomic E-state index is 12.4. The van der Waals surface area contributed by atoms with E-state index in [9.17, 15) is 4.79 Å². The van der Waals surface area contributed by atoms with Crippen molar-refractivity contribution in [3.63, 3.8) is 0 Å². The average Bonchev–Trinajstić information content (AvgIpc) is 2.63. The monoisotopic (exact) mass is 319 g/mol. The van der Waals surface area contributed by atoms with Crippen molar-refractivity contribution in [3.05, 3.63) is 65.2 Å². The van der Waals surface area contributed by atoms with Crippen molar-refractivity contribution < 1.29 is 4.79 Å². The number of nitrogens with zero attached hydrogens (tertiary/aromatic N) is 2. The molecule has 0 aromatic heterocycles. The fraction of sp³-hybridized carbons (Fsp3) is 0.300. The van der Waals surface area contributed by atoms with E-state index in [-0.39, 0.29) is 5.91 Å².